The molecule has 2 aromatic rings. The summed E-state index contributed by atoms with van der Waals surface area (Å²) in [4.78, 5) is 28.4. The molecule has 0 radical (unpaired) electrons. The summed E-state index contributed by atoms with van der Waals surface area (Å²) in [5.41, 5.74) is 1.35. The molecule has 1 atom stereocenters. The molecule has 0 amide bonds. The quantitative estimate of drug-likeness (QED) is 0.678. The lowest BCUT2D eigenvalue weighted by molar-refractivity contribution is 0.0694. The Hall–Kier alpha value is -2.87. The highest BCUT2D eigenvalue weighted by Gasteiger charge is 2.30. The van der Waals surface area contributed by atoms with Crippen molar-refractivity contribution in [1.29, 1.82) is 0 Å². The Kier molecular flexibility index (Phi) is 6.22. The van der Waals surface area contributed by atoms with Crippen molar-refractivity contribution in [1.82, 2.24) is 9.55 Å². The van der Waals surface area contributed by atoms with Gasteiger partial charge in [-0.25, -0.2) is 9.78 Å². The standard InChI is InChI=1S/C21H26N2O6/c1-12(2)15-8-13-9-18(29-7-5-6-27-3)20(28-4)22-19(13)16-10-17(24)14(21(25)26)11-23(15)16/h9-12,15H,5-8H2,1-4H3,(H,25,26)/t15-/m1/s1. The van der Waals surface area contributed by atoms with Gasteiger partial charge in [0.1, 0.15) is 5.56 Å². The van der Waals surface area contributed by atoms with Crippen molar-refractivity contribution in [2.45, 2.75) is 32.7 Å². The van der Waals surface area contributed by atoms with Crippen LogP contribution in [0.3, 0.4) is 0 Å². The lowest BCUT2D eigenvalue weighted by Crippen LogP contribution is -2.28. The highest BCUT2D eigenvalue weighted by atomic mass is 16.5. The summed E-state index contributed by atoms with van der Waals surface area (Å²) < 4.78 is 18.1. The van der Waals surface area contributed by atoms with Gasteiger partial charge >= 0.3 is 5.97 Å². The van der Waals surface area contributed by atoms with Gasteiger partial charge < -0.3 is 23.9 Å². The molecule has 3 rings (SSSR count). The lowest BCUT2D eigenvalue weighted by Gasteiger charge is -2.33. The van der Waals surface area contributed by atoms with Gasteiger partial charge in [-0.3, -0.25) is 4.79 Å². The minimum absolute atomic E-state index is 0.00673. The molecule has 0 saturated carbocycles. The van der Waals surface area contributed by atoms with Crippen molar-refractivity contribution >= 4 is 5.97 Å². The normalized spacial score (nSPS) is 15.0. The Morgan fingerprint density at radius 3 is 2.69 bits per heavy atom. The van der Waals surface area contributed by atoms with Crippen LogP contribution in [0.5, 0.6) is 11.6 Å². The first-order valence-electron chi connectivity index (χ1n) is 9.56. The van der Waals surface area contributed by atoms with Gasteiger partial charge in [0, 0.05) is 38.4 Å². The third kappa shape index (κ3) is 4.12. The molecule has 8 nitrogen and oxygen atoms in total. The van der Waals surface area contributed by atoms with E-state index in [1.54, 1.807) is 7.11 Å². The van der Waals surface area contributed by atoms with Crippen molar-refractivity contribution in [3.05, 3.63) is 39.7 Å². The summed E-state index contributed by atoms with van der Waals surface area (Å²) in [6, 6.07) is 3.25. The number of pyridine rings is 2. The van der Waals surface area contributed by atoms with E-state index in [1.807, 2.05) is 10.6 Å². The zero-order valence-corrected chi connectivity index (χ0v) is 17.1. The summed E-state index contributed by atoms with van der Waals surface area (Å²) in [5.74, 6) is -0.142. The van der Waals surface area contributed by atoms with Crippen LogP contribution in [0, 0.1) is 5.92 Å². The van der Waals surface area contributed by atoms with Crippen LogP contribution < -0.4 is 14.9 Å². The number of fused-ring (bicyclic) bond motifs is 3. The number of aromatic nitrogens is 2. The molecule has 156 valence electrons. The summed E-state index contributed by atoms with van der Waals surface area (Å²) in [5, 5.41) is 9.35. The van der Waals surface area contributed by atoms with Crippen LogP contribution >= 0.6 is 0 Å². The van der Waals surface area contributed by atoms with E-state index < -0.39 is 11.4 Å². The SMILES string of the molecule is COCCCOc1cc2c(nc1OC)-c1cc(=O)c(C(=O)O)cn1[C@@H](C(C)C)C2. The van der Waals surface area contributed by atoms with Gasteiger partial charge in [-0.05, 0) is 24.0 Å². The second-order valence-electron chi connectivity index (χ2n) is 7.36. The smallest absolute Gasteiger partial charge is 0.341 e. The Balaban J connectivity index is 2.10. The molecule has 1 aliphatic heterocycles. The van der Waals surface area contributed by atoms with E-state index in [1.165, 1.54) is 19.4 Å². The molecular formula is C21H26N2O6. The third-order valence-corrected chi connectivity index (χ3v) is 5.09. The molecule has 0 saturated heterocycles. The number of nitrogens with zero attached hydrogens (tertiary/aromatic N) is 2. The zero-order valence-electron chi connectivity index (χ0n) is 17.1. The van der Waals surface area contributed by atoms with Crippen molar-refractivity contribution < 1.29 is 24.1 Å². The summed E-state index contributed by atoms with van der Waals surface area (Å²) in [6.07, 6.45) is 2.81. The van der Waals surface area contributed by atoms with Gasteiger partial charge in [-0.1, -0.05) is 13.8 Å². The molecule has 0 aromatic carbocycles. The molecule has 1 aliphatic rings. The molecule has 2 aromatic heterocycles. The molecule has 3 heterocycles. The maximum atomic E-state index is 12.4. The van der Waals surface area contributed by atoms with Crippen LogP contribution in [0.2, 0.25) is 0 Å². The minimum Gasteiger partial charge on any atom is -0.488 e. The molecule has 8 heteroatoms. The second kappa shape index (κ2) is 8.65. The molecule has 29 heavy (non-hydrogen) atoms. The predicted molar refractivity (Wildman–Crippen MR) is 107 cm³/mol. The van der Waals surface area contributed by atoms with E-state index in [4.69, 9.17) is 14.2 Å². The van der Waals surface area contributed by atoms with Crippen LogP contribution in [0.25, 0.3) is 11.4 Å². The number of carbonyl (C=O) groups is 1. The first-order valence-corrected chi connectivity index (χ1v) is 9.56. The van der Waals surface area contributed by atoms with Crippen LogP contribution in [-0.2, 0) is 11.2 Å². The van der Waals surface area contributed by atoms with Crippen molar-refractivity contribution in [2.24, 2.45) is 5.92 Å². The largest absolute Gasteiger partial charge is 0.488 e. The monoisotopic (exact) mass is 402 g/mol. The van der Waals surface area contributed by atoms with Gasteiger partial charge in [0.05, 0.1) is 25.1 Å². The Bertz CT molecular complexity index is 966. The first kappa shape index (κ1) is 20.9. The van der Waals surface area contributed by atoms with Crippen LogP contribution in [0.15, 0.2) is 23.1 Å². The number of carboxylic acid groups (broad SMARTS) is 1. The van der Waals surface area contributed by atoms with E-state index in [2.05, 4.69) is 18.8 Å². The maximum absolute atomic E-state index is 12.4. The summed E-state index contributed by atoms with van der Waals surface area (Å²) in [7, 11) is 3.15. The molecular weight excluding hydrogens is 376 g/mol. The van der Waals surface area contributed by atoms with Crippen LogP contribution in [-0.4, -0.2) is 48.1 Å². The topological polar surface area (TPSA) is 99.9 Å². The number of hydrogen-bond donors (Lipinski definition) is 1. The highest BCUT2D eigenvalue weighted by molar-refractivity contribution is 5.87. The highest BCUT2D eigenvalue weighted by Crippen LogP contribution is 2.40. The Morgan fingerprint density at radius 2 is 2.07 bits per heavy atom. The van der Waals surface area contributed by atoms with E-state index in [9.17, 15) is 14.7 Å². The average Bonchev–Trinajstić information content (AvgIpc) is 2.69. The molecule has 1 N–H and O–H groups in total. The molecule has 0 unspecified atom stereocenters. The maximum Gasteiger partial charge on any atom is 0.341 e. The van der Waals surface area contributed by atoms with Gasteiger partial charge in [0.25, 0.3) is 5.88 Å². The second-order valence-corrected chi connectivity index (χ2v) is 7.36. The fourth-order valence-corrected chi connectivity index (χ4v) is 3.58. The number of hydrogen-bond acceptors (Lipinski definition) is 6. The van der Waals surface area contributed by atoms with Gasteiger partial charge in [-0.2, -0.15) is 0 Å². The van der Waals surface area contributed by atoms with E-state index in [0.29, 0.717) is 42.7 Å². The van der Waals surface area contributed by atoms with Gasteiger partial charge in [-0.15, -0.1) is 0 Å². The van der Waals surface area contributed by atoms with Crippen LogP contribution in [0.1, 0.15) is 42.2 Å². The third-order valence-electron chi connectivity index (χ3n) is 5.09. The van der Waals surface area contributed by atoms with E-state index in [0.717, 1.165) is 12.0 Å². The fourth-order valence-electron chi connectivity index (χ4n) is 3.58. The average molecular weight is 402 g/mol. The van der Waals surface area contributed by atoms with Crippen LogP contribution in [0.4, 0.5) is 0 Å². The van der Waals surface area contributed by atoms with E-state index in [-0.39, 0.29) is 17.5 Å². The number of methoxy groups -OCH3 is 2. The number of ether oxygens (including phenoxy) is 3. The number of rotatable bonds is 8. The molecule has 0 bridgehead atoms. The van der Waals surface area contributed by atoms with Crippen molar-refractivity contribution in [2.75, 3.05) is 27.4 Å². The molecule has 0 fully saturated rings. The summed E-state index contributed by atoms with van der Waals surface area (Å²) in [6.45, 7) is 5.20. The fraction of sp³-hybridized carbons (Fsp3) is 0.476. The Morgan fingerprint density at radius 1 is 1.31 bits per heavy atom. The van der Waals surface area contributed by atoms with E-state index >= 15 is 0 Å². The first-order chi connectivity index (χ1) is 13.9. The van der Waals surface area contributed by atoms with Gasteiger partial charge in [0.15, 0.2) is 11.2 Å². The minimum atomic E-state index is -1.23. The van der Waals surface area contributed by atoms with Crippen molar-refractivity contribution in [3.8, 4) is 23.0 Å². The lowest BCUT2D eigenvalue weighted by atomic mass is 9.89. The van der Waals surface area contributed by atoms with Gasteiger partial charge in [0.2, 0.25) is 0 Å². The van der Waals surface area contributed by atoms with Crippen molar-refractivity contribution in [3.63, 3.8) is 0 Å². The molecule has 0 aliphatic carbocycles. The Labute approximate surface area is 169 Å². The molecule has 0 spiro atoms. The number of aromatic carboxylic acids is 1. The zero-order chi connectivity index (χ0) is 21.1. The predicted octanol–water partition coefficient (Wildman–Crippen LogP) is 2.79. The summed E-state index contributed by atoms with van der Waals surface area (Å²) >= 11 is 0. The number of carboxylic acids is 1.